The van der Waals surface area contributed by atoms with Gasteiger partial charge in [0.25, 0.3) is 0 Å². The summed E-state index contributed by atoms with van der Waals surface area (Å²) in [7, 11) is 0. The van der Waals surface area contributed by atoms with Gasteiger partial charge in [-0.15, -0.1) is 0 Å². The van der Waals surface area contributed by atoms with Crippen LogP contribution >= 0.6 is 0 Å². The summed E-state index contributed by atoms with van der Waals surface area (Å²) >= 11 is 0. The molecule has 0 aromatic heterocycles. The monoisotopic (exact) mass is 278 g/mol. The average Bonchev–Trinajstić information content (AvgIpc) is 2.38. The minimum absolute atomic E-state index is 0.102. The van der Waals surface area contributed by atoms with Crippen molar-refractivity contribution in [1.29, 1.82) is 0 Å². The van der Waals surface area contributed by atoms with E-state index in [9.17, 15) is 13.9 Å². The van der Waals surface area contributed by atoms with Crippen LogP contribution in [0.3, 0.4) is 0 Å². The van der Waals surface area contributed by atoms with E-state index in [0.717, 1.165) is 17.2 Å². The van der Waals surface area contributed by atoms with E-state index in [0.29, 0.717) is 5.75 Å². The largest absolute Gasteiger partial charge is 0.491 e. The standard InChI is InChI=1S/C16H16F2O2/c1-10-6-11(2)8-12(7-10)20-9-15(19)13-4-3-5-14(17)16(13)18/h3-8,15,19H,9H2,1-2H3. The fourth-order valence-corrected chi connectivity index (χ4v) is 2.06. The zero-order valence-corrected chi connectivity index (χ0v) is 11.4. The molecule has 2 nitrogen and oxygen atoms in total. The van der Waals surface area contributed by atoms with Crippen LogP contribution in [0.5, 0.6) is 5.75 Å². The van der Waals surface area contributed by atoms with E-state index in [1.165, 1.54) is 12.1 Å². The SMILES string of the molecule is Cc1cc(C)cc(OCC(O)c2cccc(F)c2F)c1. The second kappa shape index (κ2) is 6.01. The van der Waals surface area contributed by atoms with Crippen LogP contribution in [-0.2, 0) is 0 Å². The van der Waals surface area contributed by atoms with Gasteiger partial charge in [-0.25, -0.2) is 8.78 Å². The molecule has 20 heavy (non-hydrogen) atoms. The Morgan fingerprint density at radius 1 is 1.10 bits per heavy atom. The maximum absolute atomic E-state index is 13.5. The number of aryl methyl sites for hydroxylation is 2. The van der Waals surface area contributed by atoms with Crippen LogP contribution in [0.4, 0.5) is 8.78 Å². The molecule has 0 saturated heterocycles. The number of ether oxygens (including phenoxy) is 1. The maximum Gasteiger partial charge on any atom is 0.164 e. The van der Waals surface area contributed by atoms with Gasteiger partial charge in [-0.1, -0.05) is 18.2 Å². The smallest absolute Gasteiger partial charge is 0.164 e. The van der Waals surface area contributed by atoms with Crippen molar-refractivity contribution < 1.29 is 18.6 Å². The number of hydrogen-bond acceptors (Lipinski definition) is 2. The second-order valence-corrected chi connectivity index (χ2v) is 4.79. The van der Waals surface area contributed by atoms with Crippen LogP contribution in [0, 0.1) is 25.5 Å². The summed E-state index contributed by atoms with van der Waals surface area (Å²) in [5.41, 5.74) is 1.97. The molecule has 2 aromatic rings. The van der Waals surface area contributed by atoms with E-state index in [1.807, 2.05) is 32.0 Å². The summed E-state index contributed by atoms with van der Waals surface area (Å²) in [6.07, 6.45) is -1.22. The molecular formula is C16H16F2O2. The predicted molar refractivity (Wildman–Crippen MR) is 72.7 cm³/mol. The highest BCUT2D eigenvalue weighted by Gasteiger charge is 2.16. The van der Waals surface area contributed by atoms with Gasteiger partial charge < -0.3 is 9.84 Å². The van der Waals surface area contributed by atoms with E-state index < -0.39 is 17.7 Å². The molecule has 0 heterocycles. The molecule has 1 atom stereocenters. The minimum atomic E-state index is -1.22. The third-order valence-electron chi connectivity index (χ3n) is 2.94. The number of aliphatic hydroxyl groups excluding tert-OH is 1. The van der Waals surface area contributed by atoms with Crippen LogP contribution in [0.25, 0.3) is 0 Å². The lowest BCUT2D eigenvalue weighted by atomic mass is 10.1. The molecule has 0 aliphatic carbocycles. The highest BCUT2D eigenvalue weighted by molar-refractivity contribution is 5.33. The lowest BCUT2D eigenvalue weighted by Crippen LogP contribution is -2.12. The number of benzene rings is 2. The van der Waals surface area contributed by atoms with Gasteiger partial charge in [0.15, 0.2) is 11.6 Å². The first-order chi connectivity index (χ1) is 9.47. The summed E-state index contributed by atoms with van der Waals surface area (Å²) < 4.78 is 32.0. The van der Waals surface area contributed by atoms with Gasteiger partial charge in [0.2, 0.25) is 0 Å². The Balaban J connectivity index is 2.08. The van der Waals surface area contributed by atoms with Crippen LogP contribution in [0.2, 0.25) is 0 Å². The molecule has 1 unspecified atom stereocenters. The maximum atomic E-state index is 13.5. The summed E-state index contributed by atoms with van der Waals surface area (Å²) in [6.45, 7) is 3.73. The first kappa shape index (κ1) is 14.5. The lowest BCUT2D eigenvalue weighted by Gasteiger charge is -2.14. The van der Waals surface area contributed by atoms with Crippen molar-refractivity contribution in [2.75, 3.05) is 6.61 Å². The zero-order chi connectivity index (χ0) is 14.7. The number of halogens is 2. The van der Waals surface area contributed by atoms with Gasteiger partial charge in [0.05, 0.1) is 0 Å². The van der Waals surface area contributed by atoms with Crippen molar-refractivity contribution in [2.24, 2.45) is 0 Å². The van der Waals surface area contributed by atoms with Gasteiger partial charge in [-0.05, 0) is 43.2 Å². The van der Waals surface area contributed by atoms with Gasteiger partial charge >= 0.3 is 0 Å². The number of hydrogen-bond donors (Lipinski definition) is 1. The van der Waals surface area contributed by atoms with Crippen molar-refractivity contribution in [1.82, 2.24) is 0 Å². The fourth-order valence-electron chi connectivity index (χ4n) is 2.06. The van der Waals surface area contributed by atoms with E-state index in [1.54, 1.807) is 0 Å². The quantitative estimate of drug-likeness (QED) is 0.924. The van der Waals surface area contributed by atoms with E-state index in [-0.39, 0.29) is 12.2 Å². The molecule has 0 amide bonds. The Morgan fingerprint density at radius 2 is 1.75 bits per heavy atom. The summed E-state index contributed by atoms with van der Waals surface area (Å²) in [6, 6.07) is 9.34. The van der Waals surface area contributed by atoms with Gasteiger partial charge in [0, 0.05) is 5.56 Å². The Morgan fingerprint density at radius 3 is 2.40 bits per heavy atom. The normalized spacial score (nSPS) is 12.2. The van der Waals surface area contributed by atoms with E-state index in [2.05, 4.69) is 0 Å². The fraction of sp³-hybridized carbons (Fsp3) is 0.250. The molecule has 0 aliphatic rings. The highest BCUT2D eigenvalue weighted by Crippen LogP contribution is 2.22. The molecule has 4 heteroatoms. The lowest BCUT2D eigenvalue weighted by molar-refractivity contribution is 0.104. The predicted octanol–water partition coefficient (Wildman–Crippen LogP) is 3.69. The first-order valence-corrected chi connectivity index (χ1v) is 6.30. The van der Waals surface area contributed by atoms with Crippen molar-refractivity contribution in [3.05, 3.63) is 64.7 Å². The summed E-state index contributed by atoms with van der Waals surface area (Å²) in [4.78, 5) is 0. The first-order valence-electron chi connectivity index (χ1n) is 6.30. The van der Waals surface area contributed by atoms with Crippen molar-refractivity contribution >= 4 is 0 Å². The second-order valence-electron chi connectivity index (χ2n) is 4.79. The molecule has 1 N–H and O–H groups in total. The zero-order valence-electron chi connectivity index (χ0n) is 11.4. The molecule has 0 aliphatic heterocycles. The third-order valence-corrected chi connectivity index (χ3v) is 2.94. The van der Waals surface area contributed by atoms with Crippen molar-refractivity contribution in [3.63, 3.8) is 0 Å². The molecule has 0 spiro atoms. The van der Waals surface area contributed by atoms with Gasteiger partial charge in [-0.3, -0.25) is 0 Å². The molecule has 2 rings (SSSR count). The Bertz CT molecular complexity index is 591. The molecular weight excluding hydrogens is 262 g/mol. The molecule has 0 bridgehead atoms. The molecule has 2 aromatic carbocycles. The molecule has 106 valence electrons. The van der Waals surface area contributed by atoms with Crippen LogP contribution < -0.4 is 4.74 Å². The third kappa shape index (κ3) is 3.33. The summed E-state index contributed by atoms with van der Waals surface area (Å²) in [5, 5.41) is 9.89. The van der Waals surface area contributed by atoms with Crippen LogP contribution in [0.15, 0.2) is 36.4 Å². The number of aliphatic hydroxyl groups is 1. The minimum Gasteiger partial charge on any atom is -0.491 e. The van der Waals surface area contributed by atoms with Crippen molar-refractivity contribution in [2.45, 2.75) is 20.0 Å². The van der Waals surface area contributed by atoms with Gasteiger partial charge in [-0.2, -0.15) is 0 Å². The molecule has 0 radical (unpaired) electrons. The topological polar surface area (TPSA) is 29.5 Å². The Labute approximate surface area is 116 Å². The highest BCUT2D eigenvalue weighted by atomic mass is 19.2. The van der Waals surface area contributed by atoms with Gasteiger partial charge in [0.1, 0.15) is 18.5 Å². The van der Waals surface area contributed by atoms with E-state index >= 15 is 0 Å². The van der Waals surface area contributed by atoms with Crippen LogP contribution in [-0.4, -0.2) is 11.7 Å². The average molecular weight is 278 g/mol. The molecule has 0 saturated carbocycles. The van der Waals surface area contributed by atoms with Crippen molar-refractivity contribution in [3.8, 4) is 5.75 Å². The summed E-state index contributed by atoms with van der Waals surface area (Å²) in [5.74, 6) is -1.42. The van der Waals surface area contributed by atoms with E-state index in [4.69, 9.17) is 4.74 Å². The Kier molecular flexibility index (Phi) is 4.35. The molecule has 0 fully saturated rings. The van der Waals surface area contributed by atoms with Crippen LogP contribution in [0.1, 0.15) is 22.8 Å². The Hall–Kier alpha value is -1.94. The number of rotatable bonds is 4.